The number of hydrogen-bond acceptors (Lipinski definition) is 7. The summed E-state index contributed by atoms with van der Waals surface area (Å²) in [6.07, 6.45) is 3.15. The molecule has 0 N–H and O–H groups in total. The summed E-state index contributed by atoms with van der Waals surface area (Å²) in [6.45, 7) is 5.45. The van der Waals surface area contributed by atoms with Crippen LogP contribution < -0.4 is 10.5 Å². The normalized spacial score (nSPS) is 19.6. The molecule has 9 heteroatoms. The summed E-state index contributed by atoms with van der Waals surface area (Å²) in [4.78, 5) is 26.2. The van der Waals surface area contributed by atoms with Gasteiger partial charge in [-0.1, -0.05) is 12.1 Å². The van der Waals surface area contributed by atoms with Crippen molar-refractivity contribution in [2.45, 2.75) is 32.0 Å². The van der Waals surface area contributed by atoms with Crippen LogP contribution in [0.25, 0.3) is 11.0 Å². The lowest BCUT2D eigenvalue weighted by Gasteiger charge is -2.47. The van der Waals surface area contributed by atoms with Gasteiger partial charge in [0.2, 0.25) is 5.89 Å². The Bertz CT molecular complexity index is 1460. The van der Waals surface area contributed by atoms with Crippen LogP contribution in [0.3, 0.4) is 0 Å². The van der Waals surface area contributed by atoms with Crippen molar-refractivity contribution in [1.82, 2.24) is 19.4 Å². The van der Waals surface area contributed by atoms with Gasteiger partial charge in [-0.2, -0.15) is 5.26 Å². The van der Waals surface area contributed by atoms with Crippen molar-refractivity contribution in [1.29, 1.82) is 5.26 Å². The summed E-state index contributed by atoms with van der Waals surface area (Å²) in [5.41, 5.74) is 3.08. The van der Waals surface area contributed by atoms with Crippen LogP contribution >= 0.6 is 0 Å². The predicted molar refractivity (Wildman–Crippen MR) is 129 cm³/mol. The molecular weight excluding hydrogens is 447 g/mol. The first-order chi connectivity index (χ1) is 16.9. The second-order valence-electron chi connectivity index (χ2n) is 8.97. The topological polar surface area (TPSA) is 91.2 Å². The predicted octanol–water partition coefficient (Wildman–Crippen LogP) is 3.62. The maximum atomic E-state index is 13.6. The number of rotatable bonds is 4. The van der Waals surface area contributed by atoms with Gasteiger partial charge >= 0.3 is 0 Å². The van der Waals surface area contributed by atoms with E-state index in [9.17, 15) is 14.4 Å². The lowest BCUT2D eigenvalue weighted by atomic mass is 9.98. The Hall–Kier alpha value is -4.03. The first-order valence-electron chi connectivity index (χ1n) is 11.5. The van der Waals surface area contributed by atoms with Gasteiger partial charge in [0, 0.05) is 38.3 Å². The molecule has 0 bridgehead atoms. The van der Waals surface area contributed by atoms with Crippen LogP contribution in [0, 0.1) is 17.1 Å². The van der Waals surface area contributed by atoms with Crippen LogP contribution in [0.2, 0.25) is 0 Å². The quantitative estimate of drug-likeness (QED) is 0.448. The highest BCUT2D eigenvalue weighted by atomic mass is 19.1. The second kappa shape index (κ2) is 8.96. The Morgan fingerprint density at radius 3 is 2.60 bits per heavy atom. The van der Waals surface area contributed by atoms with Crippen LogP contribution in [-0.4, -0.2) is 44.6 Å². The van der Waals surface area contributed by atoms with E-state index in [-0.39, 0.29) is 29.5 Å². The summed E-state index contributed by atoms with van der Waals surface area (Å²) in [6, 6.07) is 13.2. The van der Waals surface area contributed by atoms with E-state index in [4.69, 9.17) is 4.42 Å². The average molecular weight is 473 g/mol. The van der Waals surface area contributed by atoms with Crippen LogP contribution in [0.1, 0.15) is 37.0 Å². The Balaban J connectivity index is 1.54. The highest BCUT2D eigenvalue weighted by Gasteiger charge is 2.37. The number of oxazole rings is 1. The maximum absolute atomic E-state index is 13.6. The fraction of sp³-hybridized carbons (Fsp3) is 0.308. The van der Waals surface area contributed by atoms with Crippen molar-refractivity contribution < 1.29 is 8.81 Å². The molecule has 0 radical (unpaired) electrons. The first-order valence-corrected chi connectivity index (χ1v) is 11.5. The molecular formula is C26H25FN6O2. The molecule has 4 aromatic rings. The van der Waals surface area contributed by atoms with E-state index in [0.29, 0.717) is 41.4 Å². The number of benzene rings is 1. The number of hydrogen-bond donors (Lipinski definition) is 0. The molecule has 0 spiro atoms. The lowest BCUT2D eigenvalue weighted by Crippen LogP contribution is -2.57. The van der Waals surface area contributed by atoms with Crippen molar-refractivity contribution in [3.05, 3.63) is 88.2 Å². The molecule has 1 saturated heterocycles. The molecule has 1 fully saturated rings. The van der Waals surface area contributed by atoms with E-state index in [1.165, 1.54) is 12.1 Å². The summed E-state index contributed by atoms with van der Waals surface area (Å²) in [5, 5.41) is 9.39. The molecule has 178 valence electrons. The molecule has 2 unspecified atom stereocenters. The number of anilines is 1. The van der Waals surface area contributed by atoms with E-state index in [1.807, 2.05) is 0 Å². The molecule has 1 aromatic carbocycles. The van der Waals surface area contributed by atoms with Gasteiger partial charge in [-0.25, -0.2) is 14.4 Å². The molecule has 1 aliphatic rings. The van der Waals surface area contributed by atoms with Gasteiger partial charge in [0.25, 0.3) is 5.56 Å². The van der Waals surface area contributed by atoms with Gasteiger partial charge < -0.3 is 13.9 Å². The molecule has 0 amide bonds. The first kappa shape index (κ1) is 22.7. The highest BCUT2D eigenvalue weighted by Crippen LogP contribution is 2.35. The molecule has 0 aliphatic carbocycles. The van der Waals surface area contributed by atoms with Gasteiger partial charge in [-0.05, 0) is 43.7 Å². The fourth-order valence-corrected chi connectivity index (χ4v) is 4.93. The molecule has 0 saturated carbocycles. The van der Waals surface area contributed by atoms with Gasteiger partial charge in [-0.15, -0.1) is 0 Å². The third-order valence-electron chi connectivity index (χ3n) is 6.73. The third kappa shape index (κ3) is 4.06. The summed E-state index contributed by atoms with van der Waals surface area (Å²) in [7, 11) is 1.70. The number of aromatic nitrogens is 3. The standard InChI is InChI=1S/C26H25FN6O2/c1-16-15-33(25(26-29-10-11-35-26)18-4-6-19(27)7-5-18)17(2)14-32(16)22-12-23(34)31(3)21-9-8-20(13-28)30-24(21)22/h4-12,16-17,25H,14-15H2,1-3H3/t16-,17?,25?/m0/s1. The number of aryl methyl sites for hydroxylation is 1. The van der Waals surface area contributed by atoms with Gasteiger partial charge in [-0.3, -0.25) is 9.69 Å². The molecule has 1 aliphatic heterocycles. The Morgan fingerprint density at radius 2 is 1.91 bits per heavy atom. The molecule has 8 nitrogen and oxygen atoms in total. The van der Waals surface area contributed by atoms with Crippen molar-refractivity contribution in [3.8, 4) is 6.07 Å². The van der Waals surface area contributed by atoms with Crippen molar-refractivity contribution >= 4 is 16.7 Å². The third-order valence-corrected chi connectivity index (χ3v) is 6.73. The number of halogens is 1. The zero-order valence-electron chi connectivity index (χ0n) is 19.7. The van der Waals surface area contributed by atoms with E-state index in [2.05, 4.69) is 39.7 Å². The molecule has 4 heterocycles. The van der Waals surface area contributed by atoms with Gasteiger partial charge in [0.15, 0.2) is 0 Å². The minimum atomic E-state index is -0.298. The minimum absolute atomic E-state index is 0.00644. The van der Waals surface area contributed by atoms with Crippen molar-refractivity contribution in [2.75, 3.05) is 18.0 Å². The van der Waals surface area contributed by atoms with Gasteiger partial charge in [0.05, 0.1) is 17.4 Å². The Morgan fingerprint density at radius 1 is 1.14 bits per heavy atom. The maximum Gasteiger partial charge on any atom is 0.252 e. The lowest BCUT2D eigenvalue weighted by molar-refractivity contribution is 0.114. The summed E-state index contributed by atoms with van der Waals surface area (Å²) >= 11 is 0. The molecule has 5 rings (SSSR count). The largest absolute Gasteiger partial charge is 0.447 e. The van der Waals surface area contributed by atoms with E-state index < -0.39 is 0 Å². The zero-order valence-corrected chi connectivity index (χ0v) is 19.7. The number of pyridine rings is 2. The second-order valence-corrected chi connectivity index (χ2v) is 8.97. The van der Waals surface area contributed by atoms with Crippen LogP contribution in [-0.2, 0) is 7.05 Å². The minimum Gasteiger partial charge on any atom is -0.447 e. The average Bonchev–Trinajstić information content (AvgIpc) is 3.39. The summed E-state index contributed by atoms with van der Waals surface area (Å²) in [5.74, 6) is 0.247. The number of piperazine rings is 1. The number of nitriles is 1. The van der Waals surface area contributed by atoms with E-state index in [0.717, 1.165) is 5.56 Å². The Kier molecular flexibility index (Phi) is 5.83. The van der Waals surface area contributed by atoms with Crippen LogP contribution in [0.15, 0.2) is 64.1 Å². The van der Waals surface area contributed by atoms with Crippen molar-refractivity contribution in [2.24, 2.45) is 7.05 Å². The van der Waals surface area contributed by atoms with Crippen LogP contribution in [0.4, 0.5) is 10.1 Å². The monoisotopic (exact) mass is 472 g/mol. The zero-order chi connectivity index (χ0) is 24.7. The molecule has 35 heavy (non-hydrogen) atoms. The molecule has 3 atom stereocenters. The number of nitrogens with zero attached hydrogens (tertiary/aromatic N) is 6. The van der Waals surface area contributed by atoms with Crippen LogP contribution in [0.5, 0.6) is 0 Å². The Labute approximate surface area is 201 Å². The van der Waals surface area contributed by atoms with Crippen molar-refractivity contribution in [3.63, 3.8) is 0 Å². The smallest absolute Gasteiger partial charge is 0.252 e. The van der Waals surface area contributed by atoms with Gasteiger partial charge in [0.1, 0.15) is 35.4 Å². The summed E-state index contributed by atoms with van der Waals surface area (Å²) < 4.78 is 20.9. The SMILES string of the molecule is CC1CN(c2cc(=O)n(C)c3ccc(C#N)nc23)[C@@H](C)CN1C(c1ccc(F)cc1)c1ncco1. The highest BCUT2D eigenvalue weighted by molar-refractivity contribution is 5.89. The van der Waals surface area contributed by atoms with E-state index in [1.54, 1.807) is 54.4 Å². The van der Waals surface area contributed by atoms with E-state index >= 15 is 0 Å². The fourth-order valence-electron chi connectivity index (χ4n) is 4.93. The number of fused-ring (bicyclic) bond motifs is 1. The molecule has 3 aromatic heterocycles.